The Bertz CT molecular complexity index is 386. The second kappa shape index (κ2) is 4.35. The first-order valence-electron chi connectivity index (χ1n) is 3.30. The molecule has 1 aromatic heterocycles. The molecule has 0 aliphatic carbocycles. The number of hydrogen-bond acceptors (Lipinski definition) is 3. The number of halogens is 4. The number of alkyl halides is 2. The molecule has 0 fully saturated rings. The van der Waals surface area contributed by atoms with Crippen molar-refractivity contribution in [3.05, 3.63) is 21.0 Å². The van der Waals surface area contributed by atoms with E-state index in [1.165, 1.54) is 0 Å². The van der Waals surface area contributed by atoms with Crippen molar-refractivity contribution in [2.75, 3.05) is 0 Å². The average Bonchev–Trinajstić information content (AvgIpc) is 2.02. The van der Waals surface area contributed by atoms with Crippen molar-refractivity contribution < 1.29 is 18.7 Å². The van der Waals surface area contributed by atoms with Gasteiger partial charge in [-0.25, -0.2) is 8.78 Å². The van der Waals surface area contributed by atoms with Gasteiger partial charge < -0.3 is 5.11 Å². The van der Waals surface area contributed by atoms with E-state index in [4.69, 9.17) is 11.6 Å². The van der Waals surface area contributed by atoms with Crippen molar-refractivity contribution in [2.45, 2.75) is 6.43 Å². The third kappa shape index (κ3) is 2.11. The van der Waals surface area contributed by atoms with E-state index in [9.17, 15) is 18.7 Å². The van der Waals surface area contributed by atoms with Gasteiger partial charge in [-0.05, 0) is 34.2 Å². The lowest BCUT2D eigenvalue weighted by Crippen LogP contribution is -2.01. The predicted molar refractivity (Wildman–Crippen MR) is 53.8 cm³/mol. The van der Waals surface area contributed by atoms with E-state index in [-0.39, 0.29) is 9.13 Å². The summed E-state index contributed by atoms with van der Waals surface area (Å²) in [5, 5.41) is 8.27. The van der Waals surface area contributed by atoms with Crippen LogP contribution in [0.1, 0.15) is 22.5 Å². The molecule has 3 nitrogen and oxygen atoms in total. The molecule has 1 aromatic rings. The molecule has 7 heteroatoms. The number of rotatable bonds is 2. The van der Waals surface area contributed by atoms with Crippen molar-refractivity contribution in [3.8, 4) is 5.75 Å². The van der Waals surface area contributed by atoms with Crippen LogP contribution in [0.4, 0.5) is 8.78 Å². The van der Waals surface area contributed by atoms with Crippen molar-refractivity contribution >= 4 is 39.4 Å². The second-order valence-corrected chi connectivity index (χ2v) is 3.79. The highest BCUT2D eigenvalue weighted by molar-refractivity contribution is 14.1. The molecular formula is C7H3ClF2INO2. The number of hydrogen-bond donors (Lipinski definition) is 1. The molecule has 1 rings (SSSR count). The highest BCUT2D eigenvalue weighted by atomic mass is 127. The minimum Gasteiger partial charge on any atom is -0.505 e. The molecule has 0 aromatic carbocycles. The van der Waals surface area contributed by atoms with Crippen LogP contribution in [0.15, 0.2) is 6.20 Å². The van der Waals surface area contributed by atoms with Crippen LogP contribution in [-0.4, -0.2) is 15.3 Å². The summed E-state index contributed by atoms with van der Waals surface area (Å²) in [6, 6.07) is 0. The van der Waals surface area contributed by atoms with Crippen LogP contribution in [0, 0.1) is 3.57 Å². The van der Waals surface area contributed by atoms with Crippen LogP contribution >= 0.6 is 34.2 Å². The summed E-state index contributed by atoms with van der Waals surface area (Å²) in [5.41, 5.74) is -1.17. The van der Waals surface area contributed by atoms with E-state index in [1.807, 2.05) is 0 Å². The molecule has 0 saturated carbocycles. The summed E-state index contributed by atoms with van der Waals surface area (Å²) >= 11 is 6.78. The summed E-state index contributed by atoms with van der Waals surface area (Å²) in [6.45, 7) is 0. The van der Waals surface area contributed by atoms with Crippen molar-refractivity contribution in [3.63, 3.8) is 0 Å². The van der Waals surface area contributed by atoms with Crippen LogP contribution in [0.25, 0.3) is 0 Å². The molecular weight excluding hydrogens is 330 g/mol. The Labute approximate surface area is 96.2 Å². The van der Waals surface area contributed by atoms with Crippen LogP contribution < -0.4 is 0 Å². The number of pyridine rings is 1. The SMILES string of the molecule is O=C(Cl)c1c(I)cnc(C(F)F)c1O. The standard InChI is InChI=1S/C7H3ClF2INO2/c8-6(14)3-2(11)1-12-4(5(3)13)7(9)10/h1,7,13H. The molecule has 76 valence electrons. The molecule has 0 bridgehead atoms. The fourth-order valence-electron chi connectivity index (χ4n) is 0.840. The first-order valence-corrected chi connectivity index (χ1v) is 4.76. The van der Waals surface area contributed by atoms with Gasteiger partial charge in [0.05, 0.1) is 5.56 Å². The van der Waals surface area contributed by atoms with Gasteiger partial charge in [-0.1, -0.05) is 0 Å². The minimum atomic E-state index is -2.94. The van der Waals surface area contributed by atoms with E-state index in [0.29, 0.717) is 0 Å². The zero-order valence-corrected chi connectivity index (χ0v) is 9.38. The zero-order chi connectivity index (χ0) is 10.9. The summed E-state index contributed by atoms with van der Waals surface area (Å²) < 4.78 is 24.7. The summed E-state index contributed by atoms with van der Waals surface area (Å²) in [7, 11) is 0. The number of carbonyl (C=O) groups is 1. The lowest BCUT2D eigenvalue weighted by atomic mass is 10.2. The van der Waals surface area contributed by atoms with Gasteiger partial charge in [-0.2, -0.15) is 0 Å². The second-order valence-electron chi connectivity index (χ2n) is 2.29. The lowest BCUT2D eigenvalue weighted by Gasteiger charge is -2.06. The zero-order valence-electron chi connectivity index (χ0n) is 6.47. The Morgan fingerprint density at radius 1 is 1.64 bits per heavy atom. The van der Waals surface area contributed by atoms with Gasteiger partial charge in [-0.3, -0.25) is 9.78 Å². The van der Waals surface area contributed by atoms with E-state index in [2.05, 4.69) is 4.98 Å². The van der Waals surface area contributed by atoms with Gasteiger partial charge in [0, 0.05) is 9.77 Å². The quantitative estimate of drug-likeness (QED) is 0.669. The Morgan fingerprint density at radius 2 is 2.21 bits per heavy atom. The molecule has 0 radical (unpaired) electrons. The number of aromatic nitrogens is 1. The van der Waals surface area contributed by atoms with Gasteiger partial charge >= 0.3 is 0 Å². The monoisotopic (exact) mass is 333 g/mol. The van der Waals surface area contributed by atoms with Gasteiger partial charge in [-0.15, -0.1) is 0 Å². The summed E-state index contributed by atoms with van der Waals surface area (Å²) in [5.74, 6) is -0.855. The molecule has 0 aliphatic rings. The van der Waals surface area contributed by atoms with E-state index in [1.54, 1.807) is 22.6 Å². The normalized spacial score (nSPS) is 10.6. The maximum absolute atomic E-state index is 12.2. The van der Waals surface area contributed by atoms with E-state index < -0.39 is 23.1 Å². The molecule has 0 aliphatic heterocycles. The van der Waals surface area contributed by atoms with Crippen LogP contribution in [-0.2, 0) is 0 Å². The molecule has 1 N–H and O–H groups in total. The fourth-order valence-corrected chi connectivity index (χ4v) is 1.83. The Hall–Kier alpha value is -0.500. The van der Waals surface area contributed by atoms with Gasteiger partial charge in [0.15, 0.2) is 5.75 Å². The van der Waals surface area contributed by atoms with Crippen molar-refractivity contribution in [2.24, 2.45) is 0 Å². The average molecular weight is 333 g/mol. The molecule has 0 spiro atoms. The Morgan fingerprint density at radius 3 is 2.64 bits per heavy atom. The molecule has 0 atom stereocenters. The summed E-state index contributed by atoms with van der Waals surface area (Å²) in [6.07, 6.45) is -1.89. The van der Waals surface area contributed by atoms with Crippen LogP contribution in [0.5, 0.6) is 5.75 Å². The first kappa shape index (κ1) is 11.6. The molecule has 0 unspecified atom stereocenters. The molecule has 14 heavy (non-hydrogen) atoms. The number of aromatic hydroxyl groups is 1. The number of carbonyl (C=O) groups excluding carboxylic acids is 1. The molecule has 0 saturated heterocycles. The Kier molecular flexibility index (Phi) is 3.59. The maximum atomic E-state index is 12.2. The van der Waals surface area contributed by atoms with Crippen molar-refractivity contribution in [1.29, 1.82) is 0 Å². The van der Waals surface area contributed by atoms with Gasteiger partial charge in [0.2, 0.25) is 0 Å². The van der Waals surface area contributed by atoms with Gasteiger partial charge in [0.25, 0.3) is 11.7 Å². The van der Waals surface area contributed by atoms with Crippen LogP contribution in [0.2, 0.25) is 0 Å². The highest BCUT2D eigenvalue weighted by Crippen LogP contribution is 2.32. The lowest BCUT2D eigenvalue weighted by molar-refractivity contribution is 0.107. The topological polar surface area (TPSA) is 50.2 Å². The molecule has 1 heterocycles. The molecule has 0 amide bonds. The third-order valence-electron chi connectivity index (χ3n) is 1.44. The van der Waals surface area contributed by atoms with E-state index >= 15 is 0 Å². The predicted octanol–water partition coefficient (Wildman–Crippen LogP) is 2.71. The van der Waals surface area contributed by atoms with E-state index in [0.717, 1.165) is 6.20 Å². The highest BCUT2D eigenvalue weighted by Gasteiger charge is 2.22. The largest absolute Gasteiger partial charge is 0.505 e. The Balaban J connectivity index is 3.41. The third-order valence-corrected chi connectivity index (χ3v) is 2.45. The fraction of sp³-hybridized carbons (Fsp3) is 0.143. The van der Waals surface area contributed by atoms with Crippen LogP contribution in [0.3, 0.4) is 0 Å². The summed E-state index contributed by atoms with van der Waals surface area (Å²) in [4.78, 5) is 14.1. The van der Waals surface area contributed by atoms with Crippen molar-refractivity contribution in [1.82, 2.24) is 4.98 Å². The maximum Gasteiger partial charge on any atom is 0.284 e. The minimum absolute atomic E-state index is 0.226. The number of nitrogens with zero attached hydrogens (tertiary/aromatic N) is 1. The van der Waals surface area contributed by atoms with Gasteiger partial charge in [0.1, 0.15) is 5.69 Å². The smallest absolute Gasteiger partial charge is 0.284 e. The first-order chi connectivity index (χ1) is 6.45.